The van der Waals surface area contributed by atoms with Crippen molar-refractivity contribution < 1.29 is 4.73 Å². The summed E-state index contributed by atoms with van der Waals surface area (Å²) in [6, 6.07) is 18.7. The first-order valence-electron chi connectivity index (χ1n) is 6.89. The summed E-state index contributed by atoms with van der Waals surface area (Å²) in [5.74, 6) is 0. The SMILES string of the molecule is CC(N=[N+]=[N-])(c1ccccc1)c1cc2ccccc2[n+]([O-])c1. The second-order valence-electron chi connectivity index (χ2n) is 5.24. The lowest BCUT2D eigenvalue weighted by Gasteiger charge is -2.24. The minimum atomic E-state index is -0.938. The Balaban J connectivity index is 2.28. The van der Waals surface area contributed by atoms with Crippen LogP contribution in [0.2, 0.25) is 0 Å². The molecule has 3 rings (SSSR count). The summed E-state index contributed by atoms with van der Waals surface area (Å²) in [6.07, 6.45) is 1.48. The lowest BCUT2D eigenvalue weighted by atomic mass is 9.86. The summed E-state index contributed by atoms with van der Waals surface area (Å²) in [6.45, 7) is 1.81. The fourth-order valence-electron chi connectivity index (χ4n) is 2.61. The van der Waals surface area contributed by atoms with Gasteiger partial charge in [0.2, 0.25) is 5.52 Å². The summed E-state index contributed by atoms with van der Waals surface area (Å²) in [4.78, 5) is 2.98. The largest absolute Gasteiger partial charge is 0.618 e. The van der Waals surface area contributed by atoms with Crippen molar-refractivity contribution >= 4 is 10.9 Å². The molecule has 3 aromatic rings. The van der Waals surface area contributed by atoms with Crippen LogP contribution in [0.4, 0.5) is 0 Å². The lowest BCUT2D eigenvalue weighted by Crippen LogP contribution is -2.31. The number of rotatable bonds is 3. The molecule has 0 aliphatic carbocycles. The summed E-state index contributed by atoms with van der Waals surface area (Å²) >= 11 is 0. The first-order valence-corrected chi connectivity index (χ1v) is 6.89. The monoisotopic (exact) mass is 290 g/mol. The van der Waals surface area contributed by atoms with E-state index in [0.29, 0.717) is 11.1 Å². The van der Waals surface area contributed by atoms with E-state index in [1.165, 1.54) is 6.20 Å². The predicted octanol–water partition coefficient (Wildman–Crippen LogP) is 4.05. The van der Waals surface area contributed by atoms with Gasteiger partial charge < -0.3 is 5.21 Å². The predicted molar refractivity (Wildman–Crippen MR) is 85.0 cm³/mol. The molecule has 1 heterocycles. The van der Waals surface area contributed by atoms with E-state index in [1.807, 2.05) is 61.5 Å². The van der Waals surface area contributed by atoms with Gasteiger partial charge in [0.05, 0.1) is 0 Å². The van der Waals surface area contributed by atoms with Gasteiger partial charge in [-0.3, -0.25) is 0 Å². The highest BCUT2D eigenvalue weighted by Gasteiger charge is 2.30. The second-order valence-corrected chi connectivity index (χ2v) is 5.24. The van der Waals surface area contributed by atoms with E-state index in [2.05, 4.69) is 10.0 Å². The van der Waals surface area contributed by atoms with Crippen molar-refractivity contribution in [2.45, 2.75) is 12.5 Å². The quantitative estimate of drug-likeness (QED) is 0.236. The number of pyridine rings is 1. The van der Waals surface area contributed by atoms with Crippen molar-refractivity contribution in [1.29, 1.82) is 0 Å². The Bertz CT molecular complexity index is 872. The van der Waals surface area contributed by atoms with Gasteiger partial charge in [-0.1, -0.05) is 47.6 Å². The van der Waals surface area contributed by atoms with Crippen molar-refractivity contribution in [3.05, 3.63) is 93.6 Å². The van der Waals surface area contributed by atoms with E-state index in [1.54, 1.807) is 6.07 Å². The maximum atomic E-state index is 12.3. The van der Waals surface area contributed by atoms with Crippen LogP contribution in [0.3, 0.4) is 0 Å². The molecular weight excluding hydrogens is 276 g/mol. The smallest absolute Gasteiger partial charge is 0.223 e. The van der Waals surface area contributed by atoms with Crippen molar-refractivity contribution in [3.63, 3.8) is 0 Å². The number of azide groups is 1. The van der Waals surface area contributed by atoms with E-state index in [-0.39, 0.29) is 0 Å². The molecule has 0 aliphatic rings. The Morgan fingerprint density at radius 3 is 2.45 bits per heavy atom. The average molecular weight is 290 g/mol. The van der Waals surface area contributed by atoms with Crippen LogP contribution in [-0.4, -0.2) is 0 Å². The normalized spacial score (nSPS) is 13.3. The molecule has 1 atom stereocenters. The van der Waals surface area contributed by atoms with Gasteiger partial charge in [0, 0.05) is 21.9 Å². The third kappa shape index (κ3) is 2.24. The fourth-order valence-corrected chi connectivity index (χ4v) is 2.61. The number of hydrogen-bond donors (Lipinski definition) is 0. The number of aromatic nitrogens is 1. The van der Waals surface area contributed by atoms with Crippen molar-refractivity contribution in [2.75, 3.05) is 0 Å². The standard InChI is InChI=1S/C17H14N4O/c1-17(19-20-18,14-8-3-2-4-9-14)15-11-13-7-5-6-10-16(13)21(22)12-15/h2-12H,1H3. The van der Waals surface area contributed by atoms with Crippen LogP contribution >= 0.6 is 0 Å². The molecule has 1 unspecified atom stereocenters. The molecule has 0 bridgehead atoms. The van der Waals surface area contributed by atoms with Gasteiger partial charge in [-0.2, -0.15) is 4.73 Å². The molecule has 22 heavy (non-hydrogen) atoms. The zero-order chi connectivity index (χ0) is 15.6. The molecule has 1 aromatic heterocycles. The van der Waals surface area contributed by atoms with E-state index in [4.69, 9.17) is 5.53 Å². The van der Waals surface area contributed by atoms with Crippen LogP contribution in [-0.2, 0) is 5.54 Å². The number of nitrogens with zero attached hydrogens (tertiary/aromatic N) is 4. The van der Waals surface area contributed by atoms with Crippen LogP contribution in [0.5, 0.6) is 0 Å². The molecule has 0 N–H and O–H groups in total. The molecule has 0 aliphatic heterocycles. The topological polar surface area (TPSA) is 75.7 Å². The molecule has 0 spiro atoms. The number of hydrogen-bond acceptors (Lipinski definition) is 2. The Kier molecular flexibility index (Phi) is 3.41. The van der Waals surface area contributed by atoms with Gasteiger partial charge in [-0.05, 0) is 30.2 Å². The molecule has 0 fully saturated rings. The molecule has 108 valence electrons. The first kappa shape index (κ1) is 13.9. The number of benzene rings is 2. The minimum absolute atomic E-state index is 0.586. The highest BCUT2D eigenvalue weighted by atomic mass is 16.5. The van der Waals surface area contributed by atoms with Crippen LogP contribution in [0.15, 0.2) is 72.0 Å². The maximum Gasteiger partial charge on any atom is 0.223 e. The molecule has 0 amide bonds. The van der Waals surface area contributed by atoms with Crippen LogP contribution in [0.25, 0.3) is 21.3 Å². The molecule has 0 saturated heterocycles. The lowest BCUT2D eigenvalue weighted by molar-refractivity contribution is -0.577. The van der Waals surface area contributed by atoms with Crippen molar-refractivity contribution in [2.24, 2.45) is 5.11 Å². The Hall–Kier alpha value is -3.04. The highest BCUT2D eigenvalue weighted by Crippen LogP contribution is 2.34. The molecule has 5 heteroatoms. The minimum Gasteiger partial charge on any atom is -0.618 e. The number of fused-ring (bicyclic) bond motifs is 1. The molecule has 2 aromatic carbocycles. The summed E-state index contributed by atoms with van der Waals surface area (Å²) < 4.78 is 0.818. The summed E-state index contributed by atoms with van der Waals surface area (Å²) in [7, 11) is 0. The zero-order valence-corrected chi connectivity index (χ0v) is 12.0. The van der Waals surface area contributed by atoms with Crippen molar-refractivity contribution in [3.8, 4) is 0 Å². The van der Waals surface area contributed by atoms with Gasteiger partial charge in [-0.15, -0.1) is 0 Å². The molecule has 0 radical (unpaired) electrons. The fraction of sp³-hybridized carbons (Fsp3) is 0.118. The van der Waals surface area contributed by atoms with E-state index in [0.717, 1.165) is 15.7 Å². The number of para-hydroxylation sites is 1. The Morgan fingerprint density at radius 1 is 1.05 bits per heavy atom. The summed E-state index contributed by atoms with van der Waals surface area (Å²) in [5, 5.41) is 17.0. The van der Waals surface area contributed by atoms with E-state index >= 15 is 0 Å². The van der Waals surface area contributed by atoms with Crippen LogP contribution < -0.4 is 4.73 Å². The summed E-state index contributed by atoms with van der Waals surface area (Å²) in [5.41, 5.74) is 10.1. The van der Waals surface area contributed by atoms with Gasteiger partial charge in [-0.25, -0.2) is 0 Å². The van der Waals surface area contributed by atoms with Gasteiger partial charge in [0.15, 0.2) is 6.20 Å². The zero-order valence-electron chi connectivity index (χ0n) is 12.0. The third-order valence-corrected chi connectivity index (χ3v) is 3.88. The molecular formula is C17H14N4O. The van der Waals surface area contributed by atoms with Crippen LogP contribution in [0.1, 0.15) is 18.1 Å². The molecule has 0 saturated carbocycles. The Morgan fingerprint density at radius 2 is 1.73 bits per heavy atom. The van der Waals surface area contributed by atoms with E-state index in [9.17, 15) is 5.21 Å². The maximum absolute atomic E-state index is 12.3. The second kappa shape index (κ2) is 5.39. The molecule has 5 nitrogen and oxygen atoms in total. The van der Waals surface area contributed by atoms with Crippen LogP contribution in [0, 0.1) is 5.21 Å². The Labute approximate surface area is 127 Å². The highest BCUT2D eigenvalue weighted by molar-refractivity contribution is 5.76. The third-order valence-electron chi connectivity index (χ3n) is 3.88. The first-order chi connectivity index (χ1) is 10.6. The van der Waals surface area contributed by atoms with Gasteiger partial charge in [0.1, 0.15) is 5.54 Å². The van der Waals surface area contributed by atoms with E-state index < -0.39 is 5.54 Å². The van der Waals surface area contributed by atoms with Gasteiger partial charge >= 0.3 is 0 Å². The van der Waals surface area contributed by atoms with Gasteiger partial charge in [0.25, 0.3) is 0 Å². The average Bonchev–Trinajstić information content (AvgIpc) is 2.56. The van der Waals surface area contributed by atoms with Crippen molar-refractivity contribution in [1.82, 2.24) is 0 Å².